The van der Waals surface area contributed by atoms with Crippen LogP contribution in [0.1, 0.15) is 120 Å². The van der Waals surface area contributed by atoms with Crippen LogP contribution in [-0.2, 0) is 126 Å². The summed E-state index contributed by atoms with van der Waals surface area (Å²) in [5.41, 5.74) is 1.18. The topological polar surface area (TPSA) is 220 Å². The van der Waals surface area contributed by atoms with Crippen molar-refractivity contribution in [3.8, 4) is 0 Å². The van der Waals surface area contributed by atoms with Gasteiger partial charge in [-0.25, -0.2) is 0 Å². The first-order valence-electron chi connectivity index (χ1n) is 41.7. The van der Waals surface area contributed by atoms with Gasteiger partial charge in [-0.2, -0.15) is 0 Å². The minimum Gasteiger partial charge on any atom is -0.619 e. The van der Waals surface area contributed by atoms with Gasteiger partial charge in [-0.1, -0.05) is 264 Å². The number of para-hydroxylation sites is 1. The zero-order chi connectivity index (χ0) is 82.2. The molecule has 0 N–H and O–H groups in total. The summed E-state index contributed by atoms with van der Waals surface area (Å²) in [4.78, 5) is 26.5. The van der Waals surface area contributed by atoms with Crippen molar-refractivity contribution in [2.45, 2.75) is 214 Å². The van der Waals surface area contributed by atoms with Crippen molar-refractivity contribution >= 4 is 124 Å². The molecule has 6 saturated heterocycles. The average molecular weight is 2700 g/mol. The summed E-state index contributed by atoms with van der Waals surface area (Å²) in [7, 11) is 10.5. The van der Waals surface area contributed by atoms with Crippen molar-refractivity contribution in [3.05, 3.63) is 144 Å². The van der Waals surface area contributed by atoms with Gasteiger partial charge in [0.2, 0.25) is 0 Å². The van der Waals surface area contributed by atoms with Crippen LogP contribution in [0.15, 0.2) is 104 Å². The Morgan fingerprint density at radius 1 is 0.269 bits per heavy atom. The Morgan fingerprint density at radius 3 is 0.790 bits per heavy atom. The Kier molecular flexibility index (Phi) is 53.6. The first-order chi connectivity index (χ1) is 54.2. The predicted octanol–water partition coefficient (Wildman–Crippen LogP) is 9.04. The van der Waals surface area contributed by atoms with Crippen LogP contribution in [0.3, 0.4) is 0 Å². The smallest absolute Gasteiger partial charge is 0.619 e. The van der Waals surface area contributed by atoms with E-state index in [2.05, 4.69) is 384 Å². The normalized spacial score (nSPS) is 17.5. The van der Waals surface area contributed by atoms with E-state index in [0.717, 1.165) is 67.5 Å². The van der Waals surface area contributed by atoms with Gasteiger partial charge in [-0.3, -0.25) is 70.6 Å². The SMILES string of the molecule is CB1N(C)[CH-]N(c2ccn[n-]2)B(C)N1C(C)C.CB1N(c2ccccc2)[CH-]N(c2ccn[n-]2)B(C)N1C(C)C.CCCCCCN1B(C)N(C)[CH-]N(c2ccn[n-]2)B1C.CCCCCN1B(C)N(C)[CH-]N(c2ccn[n-]2)B1C.CCCCN1B(C)N(C)[CH-]N(c2ccn[n-]2)B1C.CCCN1B(C)N(C)[CH-]N(c2ccn[n-]2)B1C.[Pt+2].[Pt+2].[Pt+2].[Pt+2].[Pt+2].[Pt+2]. The van der Waals surface area contributed by atoms with Crippen LogP contribution in [0, 0.1) is 40.0 Å². The Balaban J connectivity index is 0.000000480. The predicted molar refractivity (Wildman–Crippen MR) is 483 cm³/mol. The molecule has 48 heteroatoms. The fraction of sp³-hybridized carbons (Fsp3) is 0.577. The van der Waals surface area contributed by atoms with Crippen molar-refractivity contribution in [2.24, 2.45) is 0 Å². The summed E-state index contributed by atoms with van der Waals surface area (Å²) in [6, 6.07) is 23.1. The first-order valence-corrected chi connectivity index (χ1v) is 41.7. The molecule has 7 aromatic rings. The van der Waals surface area contributed by atoms with E-state index in [1.165, 1.54) is 63.5 Å². The van der Waals surface area contributed by atoms with Gasteiger partial charge in [0.1, 0.15) is 0 Å². The molecule has 0 spiro atoms. The van der Waals surface area contributed by atoms with Crippen molar-refractivity contribution in [1.82, 2.24) is 114 Å². The summed E-state index contributed by atoms with van der Waals surface area (Å²) in [6.45, 7) is 66.0. The van der Waals surface area contributed by atoms with Gasteiger partial charge in [0.15, 0.2) is 41.9 Å². The molecule has 0 atom stereocenters. The van der Waals surface area contributed by atoms with Gasteiger partial charge < -0.3 is 117 Å². The van der Waals surface area contributed by atoms with Crippen LogP contribution >= 0.6 is 0 Å². The fourth-order valence-corrected chi connectivity index (χ4v) is 16.0. The summed E-state index contributed by atoms with van der Waals surface area (Å²) < 4.78 is 14.9. The number of hydrogen-bond acceptors (Lipinski definition) is 24. The number of nitrogens with zero attached hydrogens (tertiary/aromatic N) is 30. The molecule has 6 fully saturated rings. The average Bonchev–Trinajstić information content (AvgIpc) is 1.74. The molecular weight excluding hydrogens is 2570 g/mol. The van der Waals surface area contributed by atoms with Gasteiger partial charge in [-0.05, 0) is 118 Å². The van der Waals surface area contributed by atoms with Crippen LogP contribution in [0.2, 0.25) is 81.9 Å². The van der Waals surface area contributed by atoms with Crippen molar-refractivity contribution in [3.63, 3.8) is 0 Å². The maximum atomic E-state index is 4.23. The van der Waals surface area contributed by atoms with E-state index in [1.54, 1.807) is 37.2 Å². The monoisotopic (exact) mass is 2700 g/mol. The number of benzene rings is 1. The zero-order valence-corrected chi connectivity index (χ0v) is 88.7. The summed E-state index contributed by atoms with van der Waals surface area (Å²) in [5.74, 6) is 5.47. The molecule has 0 aliphatic carbocycles. The Bertz CT molecular complexity index is 3630. The Labute approximate surface area is 809 Å². The number of anilines is 7. The van der Waals surface area contributed by atoms with Crippen LogP contribution in [-0.4, -0.2) is 240 Å². The molecule has 658 valence electrons. The van der Waals surface area contributed by atoms with E-state index >= 15 is 0 Å². The molecule has 0 bridgehead atoms. The minimum atomic E-state index is 0. The van der Waals surface area contributed by atoms with Crippen LogP contribution in [0.5, 0.6) is 0 Å². The Hall–Kier alpha value is -2.45. The molecule has 119 heavy (non-hydrogen) atoms. The number of aromatic nitrogens is 12. The second kappa shape index (κ2) is 56.7. The van der Waals surface area contributed by atoms with E-state index in [-0.39, 0.29) is 147 Å². The van der Waals surface area contributed by atoms with Gasteiger partial charge in [0, 0.05) is 37.2 Å². The molecule has 0 amide bonds. The molecule has 30 nitrogen and oxygen atoms in total. The third-order valence-corrected chi connectivity index (χ3v) is 23.2. The number of hydrogen-bond donors (Lipinski definition) is 0. The molecule has 13 rings (SSSR count). The van der Waals surface area contributed by atoms with Crippen LogP contribution in [0.4, 0.5) is 40.6 Å². The molecule has 6 aliphatic rings. The fourth-order valence-electron chi connectivity index (χ4n) is 16.0. The maximum absolute atomic E-state index is 4.23. The maximum Gasteiger partial charge on any atom is 2.00 e. The van der Waals surface area contributed by atoms with E-state index in [0.29, 0.717) is 74.9 Å². The summed E-state index contributed by atoms with van der Waals surface area (Å²) in [6.07, 6.45) is 23.0. The minimum absolute atomic E-state index is 0. The number of rotatable bonds is 23. The molecule has 12 heterocycles. The largest absolute Gasteiger partial charge is 2.00 e. The van der Waals surface area contributed by atoms with E-state index < -0.39 is 0 Å². The van der Waals surface area contributed by atoms with Gasteiger partial charge >= 0.3 is 126 Å². The van der Waals surface area contributed by atoms with Crippen molar-refractivity contribution < 1.29 is 126 Å². The molecule has 0 saturated carbocycles. The molecular formula is C71H128B12N30Pt6. The van der Waals surface area contributed by atoms with Gasteiger partial charge in [0.05, 0.1) is 0 Å². The standard InChI is InChI=1S/C15H21B2N5.C13H25B2N5.C12H23B2N5.C11H21B2N5.2C10H19B2N5.6Pt/c1-13(2)22-16(3)20(14-8-6-5-7-9-14)12-21(17(22)4)15-10-11-18-19-15;1-5-6-7-8-11-20-14(2)18(4)12-19(15(20)3)13-9-10-16-17-13;1-5-6-7-10-19-13(2)17(4)11-18(14(19)3)12-8-9-15-16-12;1-5-6-9-18-12(2)16(4)10-17(13(18)3)11-7-8-14-15-11;1-9(2)17-11(3)15(5)8-16(12(17)4)10-6-7-13-14-10;1-5-8-17-11(2)15(4)9-16(12(17)3)10-6-7-13-14-10;;;;;;/h5-13H,1-4H3;9-10,12H,5-8,11H2,1-4H3;8-9,11H,5-7,10H2,1-4H3;7-8,10H,5-6,9H2,1-4H3;6-9H,1-5H3;6-7,9H,5,8H2,1-4H3;;;;;;/q6*-2;6*+2. The van der Waals surface area contributed by atoms with Gasteiger partial charge in [0.25, 0.3) is 41.9 Å². The third kappa shape index (κ3) is 30.4. The molecule has 6 aliphatic heterocycles. The molecule has 0 unspecified atom stereocenters. The second-order valence-electron chi connectivity index (χ2n) is 31.3. The van der Waals surface area contributed by atoms with Crippen LogP contribution in [0.25, 0.3) is 0 Å². The van der Waals surface area contributed by atoms with Crippen molar-refractivity contribution in [2.75, 3.05) is 95.1 Å². The molecule has 0 radical (unpaired) electrons. The number of unbranched alkanes of at least 4 members (excludes halogenated alkanes) is 6. The Morgan fingerprint density at radius 2 is 0.513 bits per heavy atom. The third-order valence-electron chi connectivity index (χ3n) is 23.2. The van der Waals surface area contributed by atoms with Gasteiger partial charge in [-0.15, -0.1) is 0 Å². The second-order valence-corrected chi connectivity index (χ2v) is 31.3. The van der Waals surface area contributed by atoms with E-state index in [9.17, 15) is 0 Å². The zero-order valence-electron chi connectivity index (χ0n) is 75.1. The van der Waals surface area contributed by atoms with Crippen LogP contribution < -0.4 is 64.3 Å². The summed E-state index contributed by atoms with van der Waals surface area (Å²) in [5, 5.41) is 48.6. The van der Waals surface area contributed by atoms with Crippen molar-refractivity contribution in [1.29, 1.82) is 0 Å². The summed E-state index contributed by atoms with van der Waals surface area (Å²) >= 11 is 0. The van der Waals surface area contributed by atoms with E-state index in [4.69, 9.17) is 0 Å². The quantitative estimate of drug-likeness (QED) is 0.0331. The molecule has 1 aromatic carbocycles. The van der Waals surface area contributed by atoms with E-state index in [1.807, 2.05) is 42.5 Å². The first kappa shape index (κ1) is 113. The molecule has 6 aromatic heterocycles.